The SMILES string of the molecule is CC(NC(=O)Cc1ccccc1O)c1ccco1. The number of phenols is 1. The van der Waals surface area contributed by atoms with Crippen LogP contribution in [0.2, 0.25) is 0 Å². The minimum atomic E-state index is -0.182. The van der Waals surface area contributed by atoms with Gasteiger partial charge in [0.1, 0.15) is 11.5 Å². The van der Waals surface area contributed by atoms with Gasteiger partial charge >= 0.3 is 0 Å². The Balaban J connectivity index is 1.95. The third kappa shape index (κ3) is 2.91. The lowest BCUT2D eigenvalue weighted by molar-refractivity contribution is -0.121. The molecule has 18 heavy (non-hydrogen) atoms. The number of para-hydroxylation sites is 1. The summed E-state index contributed by atoms with van der Waals surface area (Å²) in [5.41, 5.74) is 0.613. The van der Waals surface area contributed by atoms with E-state index in [2.05, 4.69) is 5.32 Å². The van der Waals surface area contributed by atoms with Crippen molar-refractivity contribution in [3.8, 4) is 5.75 Å². The van der Waals surface area contributed by atoms with Gasteiger partial charge in [-0.25, -0.2) is 0 Å². The van der Waals surface area contributed by atoms with Gasteiger partial charge in [0.2, 0.25) is 5.91 Å². The van der Waals surface area contributed by atoms with Gasteiger partial charge in [-0.15, -0.1) is 0 Å². The molecule has 1 amide bonds. The number of carbonyl (C=O) groups is 1. The number of phenolic OH excluding ortho intramolecular Hbond substituents is 1. The Bertz CT molecular complexity index is 520. The third-order valence-electron chi connectivity index (χ3n) is 2.69. The summed E-state index contributed by atoms with van der Waals surface area (Å²) in [5.74, 6) is 0.694. The molecule has 0 aliphatic heterocycles. The van der Waals surface area contributed by atoms with E-state index in [0.29, 0.717) is 11.3 Å². The number of hydrogen-bond acceptors (Lipinski definition) is 3. The van der Waals surface area contributed by atoms with Crippen LogP contribution in [-0.2, 0) is 11.2 Å². The second-order valence-corrected chi connectivity index (χ2v) is 4.11. The first-order chi connectivity index (χ1) is 8.66. The second kappa shape index (κ2) is 5.40. The van der Waals surface area contributed by atoms with Crippen LogP contribution in [0.1, 0.15) is 24.3 Å². The average Bonchev–Trinajstić information content (AvgIpc) is 2.85. The second-order valence-electron chi connectivity index (χ2n) is 4.11. The molecule has 0 spiro atoms. The van der Waals surface area contributed by atoms with Gasteiger partial charge in [-0.3, -0.25) is 4.79 Å². The van der Waals surface area contributed by atoms with E-state index in [1.165, 1.54) is 0 Å². The third-order valence-corrected chi connectivity index (χ3v) is 2.69. The van der Waals surface area contributed by atoms with Crippen LogP contribution in [0, 0.1) is 0 Å². The zero-order valence-corrected chi connectivity index (χ0v) is 10.1. The Morgan fingerprint density at radius 1 is 1.33 bits per heavy atom. The summed E-state index contributed by atoms with van der Waals surface area (Å²) in [6, 6.07) is 10.2. The Labute approximate surface area is 105 Å². The van der Waals surface area contributed by atoms with E-state index < -0.39 is 0 Å². The fourth-order valence-electron chi connectivity index (χ4n) is 1.73. The molecule has 2 rings (SSSR count). The molecule has 4 nitrogen and oxygen atoms in total. The molecule has 0 saturated heterocycles. The summed E-state index contributed by atoms with van der Waals surface area (Å²) in [6.07, 6.45) is 1.72. The zero-order valence-electron chi connectivity index (χ0n) is 10.1. The van der Waals surface area contributed by atoms with E-state index in [1.807, 2.05) is 13.0 Å². The van der Waals surface area contributed by atoms with Crippen LogP contribution in [0.3, 0.4) is 0 Å². The number of carbonyl (C=O) groups excluding carboxylic acids is 1. The number of rotatable bonds is 4. The van der Waals surface area contributed by atoms with Crippen LogP contribution in [-0.4, -0.2) is 11.0 Å². The van der Waals surface area contributed by atoms with Crippen molar-refractivity contribution >= 4 is 5.91 Å². The molecule has 0 bridgehead atoms. The Morgan fingerprint density at radius 2 is 2.11 bits per heavy atom. The number of benzene rings is 1. The van der Waals surface area contributed by atoms with E-state index in [0.717, 1.165) is 0 Å². The van der Waals surface area contributed by atoms with E-state index in [9.17, 15) is 9.90 Å². The van der Waals surface area contributed by atoms with Crippen molar-refractivity contribution in [2.75, 3.05) is 0 Å². The molecule has 1 aromatic carbocycles. The van der Waals surface area contributed by atoms with Crippen LogP contribution in [0.25, 0.3) is 0 Å². The Morgan fingerprint density at radius 3 is 2.78 bits per heavy atom. The topological polar surface area (TPSA) is 62.5 Å². The molecular formula is C14H15NO3. The van der Waals surface area contributed by atoms with Gasteiger partial charge in [0.15, 0.2) is 0 Å². The minimum Gasteiger partial charge on any atom is -0.508 e. The first-order valence-electron chi connectivity index (χ1n) is 5.76. The molecular weight excluding hydrogens is 230 g/mol. The molecule has 1 aromatic heterocycles. The highest BCUT2D eigenvalue weighted by Crippen LogP contribution is 2.17. The monoisotopic (exact) mass is 245 g/mol. The van der Waals surface area contributed by atoms with Crippen molar-refractivity contribution in [1.82, 2.24) is 5.32 Å². The van der Waals surface area contributed by atoms with Crippen LogP contribution >= 0.6 is 0 Å². The van der Waals surface area contributed by atoms with Gasteiger partial charge in [0.25, 0.3) is 0 Å². The lowest BCUT2D eigenvalue weighted by Gasteiger charge is -2.11. The molecule has 1 atom stereocenters. The fraction of sp³-hybridized carbons (Fsp3) is 0.214. The normalized spacial score (nSPS) is 12.1. The Hall–Kier alpha value is -2.23. The van der Waals surface area contributed by atoms with Crippen molar-refractivity contribution in [3.63, 3.8) is 0 Å². The molecule has 0 saturated carbocycles. The number of amides is 1. The van der Waals surface area contributed by atoms with Crippen LogP contribution in [0.15, 0.2) is 47.1 Å². The quantitative estimate of drug-likeness (QED) is 0.869. The molecule has 2 aromatic rings. The molecule has 0 radical (unpaired) electrons. The van der Waals surface area contributed by atoms with Crippen molar-refractivity contribution < 1.29 is 14.3 Å². The van der Waals surface area contributed by atoms with Gasteiger partial charge in [0.05, 0.1) is 18.7 Å². The highest BCUT2D eigenvalue weighted by atomic mass is 16.3. The number of nitrogens with one attached hydrogen (secondary N) is 1. The first-order valence-corrected chi connectivity index (χ1v) is 5.76. The van der Waals surface area contributed by atoms with Crippen molar-refractivity contribution in [2.45, 2.75) is 19.4 Å². The number of hydrogen-bond donors (Lipinski definition) is 2. The summed E-state index contributed by atoms with van der Waals surface area (Å²) in [7, 11) is 0. The smallest absolute Gasteiger partial charge is 0.225 e. The van der Waals surface area contributed by atoms with Crippen LogP contribution in [0.5, 0.6) is 5.75 Å². The standard InChI is InChI=1S/C14H15NO3/c1-10(13-7-4-8-18-13)15-14(17)9-11-5-2-3-6-12(11)16/h2-8,10,16H,9H2,1H3,(H,15,17). The minimum absolute atomic E-state index is 0.137. The predicted molar refractivity (Wildman–Crippen MR) is 67.1 cm³/mol. The van der Waals surface area contributed by atoms with E-state index in [1.54, 1.807) is 36.6 Å². The maximum Gasteiger partial charge on any atom is 0.225 e. The van der Waals surface area contributed by atoms with Crippen molar-refractivity contribution in [1.29, 1.82) is 0 Å². The lowest BCUT2D eigenvalue weighted by Crippen LogP contribution is -2.27. The maximum absolute atomic E-state index is 11.8. The van der Waals surface area contributed by atoms with Gasteiger partial charge in [-0.05, 0) is 25.1 Å². The molecule has 1 heterocycles. The van der Waals surface area contributed by atoms with E-state index >= 15 is 0 Å². The molecule has 0 aliphatic carbocycles. The van der Waals surface area contributed by atoms with E-state index in [4.69, 9.17) is 4.42 Å². The largest absolute Gasteiger partial charge is 0.508 e. The highest BCUT2D eigenvalue weighted by Gasteiger charge is 2.13. The summed E-state index contributed by atoms with van der Waals surface area (Å²) in [4.78, 5) is 11.8. The van der Waals surface area contributed by atoms with Crippen LogP contribution < -0.4 is 5.32 Å². The molecule has 2 N–H and O–H groups in total. The molecule has 94 valence electrons. The average molecular weight is 245 g/mol. The molecule has 4 heteroatoms. The number of furan rings is 1. The molecule has 0 fully saturated rings. The zero-order chi connectivity index (χ0) is 13.0. The van der Waals surface area contributed by atoms with Gasteiger partial charge in [-0.1, -0.05) is 18.2 Å². The summed E-state index contributed by atoms with van der Waals surface area (Å²) in [5, 5.41) is 12.4. The van der Waals surface area contributed by atoms with Crippen molar-refractivity contribution in [3.05, 3.63) is 54.0 Å². The van der Waals surface area contributed by atoms with Gasteiger partial charge < -0.3 is 14.8 Å². The fourth-order valence-corrected chi connectivity index (χ4v) is 1.73. The predicted octanol–water partition coefficient (Wildman–Crippen LogP) is 2.41. The van der Waals surface area contributed by atoms with E-state index in [-0.39, 0.29) is 24.1 Å². The van der Waals surface area contributed by atoms with Crippen LogP contribution in [0.4, 0.5) is 0 Å². The Kier molecular flexibility index (Phi) is 3.67. The maximum atomic E-state index is 11.8. The van der Waals surface area contributed by atoms with Gasteiger partial charge in [-0.2, -0.15) is 0 Å². The van der Waals surface area contributed by atoms with Crippen molar-refractivity contribution in [2.24, 2.45) is 0 Å². The summed E-state index contributed by atoms with van der Waals surface area (Å²) < 4.78 is 5.21. The van der Waals surface area contributed by atoms with Gasteiger partial charge in [0, 0.05) is 5.56 Å². The summed E-state index contributed by atoms with van der Waals surface area (Å²) >= 11 is 0. The lowest BCUT2D eigenvalue weighted by atomic mass is 10.1. The molecule has 1 unspecified atom stereocenters. The molecule has 0 aliphatic rings. The summed E-state index contributed by atoms with van der Waals surface area (Å²) in [6.45, 7) is 1.85. The number of aromatic hydroxyl groups is 1. The highest BCUT2D eigenvalue weighted by molar-refractivity contribution is 5.79. The first kappa shape index (κ1) is 12.2.